The number of amides is 3. The third kappa shape index (κ3) is 7.46. The van der Waals surface area contributed by atoms with Gasteiger partial charge < -0.3 is 29.3 Å². The van der Waals surface area contributed by atoms with Crippen molar-refractivity contribution >= 4 is 29.8 Å². The Kier molecular flexibility index (Phi) is 8.99. The molecule has 0 aromatic heterocycles. The second-order valence-corrected chi connectivity index (χ2v) is 8.73. The molecule has 1 heterocycles. The lowest BCUT2D eigenvalue weighted by Crippen LogP contribution is -2.65. The van der Waals surface area contributed by atoms with E-state index in [1.165, 1.54) is 6.92 Å². The minimum absolute atomic E-state index is 0.00246. The van der Waals surface area contributed by atoms with E-state index in [4.69, 9.17) is 14.2 Å². The molecule has 1 N–H and O–H groups in total. The summed E-state index contributed by atoms with van der Waals surface area (Å²) >= 11 is 0. The number of hydrogen-bond acceptors (Lipinski definition) is 8. The molecule has 2 rings (SSSR count). The lowest BCUT2D eigenvalue weighted by atomic mass is 10.1. The zero-order valence-electron chi connectivity index (χ0n) is 20.0. The third-order valence-corrected chi connectivity index (χ3v) is 4.83. The average molecular weight is 478 g/mol. The van der Waals surface area contributed by atoms with Crippen LogP contribution in [0.3, 0.4) is 0 Å². The van der Waals surface area contributed by atoms with E-state index in [2.05, 4.69) is 5.32 Å². The zero-order valence-corrected chi connectivity index (χ0v) is 20.0. The Morgan fingerprint density at radius 1 is 1.12 bits per heavy atom. The predicted octanol–water partition coefficient (Wildman–Crippen LogP) is 0.855. The average Bonchev–Trinajstić information content (AvgIpc) is 2.77. The summed E-state index contributed by atoms with van der Waals surface area (Å²) in [6, 6.07) is 6.33. The predicted molar refractivity (Wildman–Crippen MR) is 119 cm³/mol. The molecule has 2 unspecified atom stereocenters. The SMILES string of the molecule is COC(=O)C1C(=O)N(CC(=O)OC(C)(C)C)CCN1C(=O)C(C)NC(=O)OCc1ccccc1. The van der Waals surface area contributed by atoms with Crippen molar-refractivity contribution in [1.29, 1.82) is 0 Å². The number of hydrogen-bond donors (Lipinski definition) is 1. The molecule has 0 aliphatic carbocycles. The molecule has 2 atom stereocenters. The van der Waals surface area contributed by atoms with Crippen molar-refractivity contribution in [2.75, 3.05) is 26.7 Å². The summed E-state index contributed by atoms with van der Waals surface area (Å²) in [5, 5.41) is 2.41. The molecule has 1 fully saturated rings. The minimum Gasteiger partial charge on any atom is -0.467 e. The maximum Gasteiger partial charge on any atom is 0.408 e. The van der Waals surface area contributed by atoms with E-state index in [1.54, 1.807) is 45.0 Å². The fourth-order valence-corrected chi connectivity index (χ4v) is 3.29. The normalized spacial score (nSPS) is 17.0. The summed E-state index contributed by atoms with van der Waals surface area (Å²) in [7, 11) is 1.09. The second-order valence-electron chi connectivity index (χ2n) is 8.73. The number of methoxy groups -OCH3 is 1. The van der Waals surface area contributed by atoms with E-state index >= 15 is 0 Å². The van der Waals surface area contributed by atoms with Crippen molar-refractivity contribution in [3.8, 4) is 0 Å². The molecular formula is C23H31N3O8. The smallest absolute Gasteiger partial charge is 0.408 e. The summed E-state index contributed by atoms with van der Waals surface area (Å²) in [4.78, 5) is 64.8. The van der Waals surface area contributed by atoms with Crippen LogP contribution < -0.4 is 5.32 Å². The van der Waals surface area contributed by atoms with Crippen LogP contribution in [-0.4, -0.2) is 84.1 Å². The van der Waals surface area contributed by atoms with Gasteiger partial charge in [0.2, 0.25) is 11.9 Å². The van der Waals surface area contributed by atoms with Crippen LogP contribution in [0.15, 0.2) is 30.3 Å². The van der Waals surface area contributed by atoms with Gasteiger partial charge in [-0.15, -0.1) is 0 Å². The highest BCUT2D eigenvalue weighted by atomic mass is 16.6. The van der Waals surface area contributed by atoms with Gasteiger partial charge in [-0.3, -0.25) is 14.4 Å². The quantitative estimate of drug-likeness (QED) is 0.347. The molecule has 0 spiro atoms. The number of rotatable bonds is 7. The first-order valence-corrected chi connectivity index (χ1v) is 10.8. The van der Waals surface area contributed by atoms with Crippen LogP contribution in [0.5, 0.6) is 0 Å². The van der Waals surface area contributed by atoms with E-state index in [0.717, 1.165) is 22.5 Å². The molecular weight excluding hydrogens is 446 g/mol. The number of esters is 2. The van der Waals surface area contributed by atoms with Crippen LogP contribution in [0.25, 0.3) is 0 Å². The highest BCUT2D eigenvalue weighted by molar-refractivity contribution is 6.06. The third-order valence-electron chi connectivity index (χ3n) is 4.83. The lowest BCUT2D eigenvalue weighted by molar-refractivity contribution is -0.170. The minimum atomic E-state index is -1.58. The van der Waals surface area contributed by atoms with E-state index in [-0.39, 0.29) is 26.2 Å². The van der Waals surface area contributed by atoms with Crippen LogP contribution in [0, 0.1) is 0 Å². The van der Waals surface area contributed by atoms with Crippen LogP contribution in [0.1, 0.15) is 33.3 Å². The van der Waals surface area contributed by atoms with Crippen molar-refractivity contribution in [3.05, 3.63) is 35.9 Å². The highest BCUT2D eigenvalue weighted by Crippen LogP contribution is 2.16. The van der Waals surface area contributed by atoms with Gasteiger partial charge in [0, 0.05) is 13.1 Å². The van der Waals surface area contributed by atoms with Gasteiger partial charge in [-0.1, -0.05) is 30.3 Å². The van der Waals surface area contributed by atoms with Gasteiger partial charge in [0.25, 0.3) is 5.91 Å². The molecule has 186 valence electrons. The number of nitrogens with one attached hydrogen (secondary N) is 1. The Labute approximate surface area is 198 Å². The molecule has 34 heavy (non-hydrogen) atoms. The molecule has 1 aromatic carbocycles. The van der Waals surface area contributed by atoms with Crippen LogP contribution in [0.4, 0.5) is 4.79 Å². The number of carbonyl (C=O) groups excluding carboxylic acids is 5. The van der Waals surface area contributed by atoms with Crippen molar-refractivity contribution in [2.24, 2.45) is 0 Å². The summed E-state index contributed by atoms with van der Waals surface area (Å²) in [5.41, 5.74) is 0.0321. The van der Waals surface area contributed by atoms with Gasteiger partial charge in [-0.2, -0.15) is 0 Å². The Hall–Kier alpha value is -3.63. The largest absolute Gasteiger partial charge is 0.467 e. The van der Waals surface area contributed by atoms with Crippen LogP contribution >= 0.6 is 0 Å². The van der Waals surface area contributed by atoms with E-state index in [9.17, 15) is 24.0 Å². The van der Waals surface area contributed by atoms with Gasteiger partial charge in [0.15, 0.2) is 0 Å². The van der Waals surface area contributed by atoms with E-state index in [1.807, 2.05) is 6.07 Å². The molecule has 11 nitrogen and oxygen atoms in total. The maximum atomic E-state index is 13.0. The first-order chi connectivity index (χ1) is 15.9. The molecule has 3 amide bonds. The highest BCUT2D eigenvalue weighted by Gasteiger charge is 2.45. The van der Waals surface area contributed by atoms with Crippen molar-refractivity contribution in [1.82, 2.24) is 15.1 Å². The Bertz CT molecular complexity index is 913. The molecule has 1 aliphatic heterocycles. The maximum absolute atomic E-state index is 13.0. The lowest BCUT2D eigenvalue weighted by Gasteiger charge is -2.39. The number of nitrogens with zero attached hydrogens (tertiary/aromatic N) is 2. The van der Waals surface area contributed by atoms with E-state index in [0.29, 0.717) is 0 Å². The summed E-state index contributed by atoms with van der Waals surface area (Å²) in [6.45, 7) is 6.10. The number of carbonyl (C=O) groups is 5. The van der Waals surface area contributed by atoms with Gasteiger partial charge >= 0.3 is 18.0 Å². The van der Waals surface area contributed by atoms with Gasteiger partial charge in [-0.05, 0) is 33.3 Å². The van der Waals surface area contributed by atoms with E-state index < -0.39 is 47.5 Å². The molecule has 0 radical (unpaired) electrons. The van der Waals surface area contributed by atoms with Crippen LogP contribution in [0.2, 0.25) is 0 Å². The summed E-state index contributed by atoms with van der Waals surface area (Å²) in [5.74, 6) is -3.03. The molecule has 1 saturated heterocycles. The Morgan fingerprint density at radius 3 is 2.35 bits per heavy atom. The molecule has 1 aliphatic rings. The standard InChI is InChI=1S/C23H31N3O8/c1-15(24-22(31)33-14-16-9-7-6-8-10-16)19(28)26-12-11-25(13-17(27)34-23(2,3)4)20(29)18(26)21(30)32-5/h6-10,15,18H,11-14H2,1-5H3,(H,24,31). The number of benzene rings is 1. The summed E-state index contributed by atoms with van der Waals surface area (Å²) < 4.78 is 15.1. The molecule has 11 heteroatoms. The van der Waals surface area contributed by atoms with Crippen molar-refractivity contribution in [2.45, 2.75) is 52.0 Å². The Balaban J connectivity index is 2.02. The molecule has 1 aromatic rings. The number of alkyl carbamates (subject to hydrolysis) is 1. The Morgan fingerprint density at radius 2 is 1.76 bits per heavy atom. The topological polar surface area (TPSA) is 132 Å². The van der Waals surface area contributed by atoms with Gasteiger partial charge in [-0.25, -0.2) is 9.59 Å². The monoisotopic (exact) mass is 477 g/mol. The first kappa shape index (κ1) is 26.6. The number of ether oxygens (including phenoxy) is 3. The molecule has 0 saturated carbocycles. The van der Waals surface area contributed by atoms with Gasteiger partial charge in [0.1, 0.15) is 24.8 Å². The number of piperazine rings is 1. The van der Waals surface area contributed by atoms with Crippen molar-refractivity contribution < 1.29 is 38.2 Å². The van der Waals surface area contributed by atoms with Crippen LogP contribution in [-0.2, 0) is 40.0 Å². The molecule has 0 bridgehead atoms. The fraction of sp³-hybridized carbons (Fsp3) is 0.522. The summed E-state index contributed by atoms with van der Waals surface area (Å²) in [6.07, 6.45) is -0.825. The van der Waals surface area contributed by atoms with Crippen molar-refractivity contribution in [3.63, 3.8) is 0 Å². The zero-order chi connectivity index (χ0) is 25.5. The second kappa shape index (κ2) is 11.5. The van der Waals surface area contributed by atoms with Gasteiger partial charge in [0.05, 0.1) is 7.11 Å². The first-order valence-electron chi connectivity index (χ1n) is 10.8. The fourth-order valence-electron chi connectivity index (χ4n) is 3.29.